The summed E-state index contributed by atoms with van der Waals surface area (Å²) in [5, 5.41) is 3.37. The molecule has 1 aromatic carbocycles. The van der Waals surface area contributed by atoms with E-state index in [1.807, 2.05) is 19.1 Å². The number of ether oxygens (including phenoxy) is 1. The van der Waals surface area contributed by atoms with Gasteiger partial charge in [0.05, 0.1) is 6.61 Å². The van der Waals surface area contributed by atoms with Crippen molar-refractivity contribution in [2.75, 3.05) is 13.2 Å². The van der Waals surface area contributed by atoms with E-state index < -0.39 is 0 Å². The Labute approximate surface area is 98.4 Å². The molecular formula is C12H19ClNO-. The normalized spacial score (nSPS) is 9.47. The average Bonchev–Trinajstić information content (AvgIpc) is 2.19. The van der Waals surface area contributed by atoms with Gasteiger partial charge < -0.3 is 22.5 Å². The van der Waals surface area contributed by atoms with E-state index in [0.29, 0.717) is 0 Å². The molecule has 0 aromatic heterocycles. The van der Waals surface area contributed by atoms with Crippen LogP contribution in [0.4, 0.5) is 0 Å². The highest BCUT2D eigenvalue weighted by Gasteiger charge is 1.95. The maximum absolute atomic E-state index is 5.43. The Kier molecular flexibility index (Phi) is 8.15. The maximum Gasteiger partial charge on any atom is 0.119 e. The van der Waals surface area contributed by atoms with Crippen molar-refractivity contribution in [1.29, 1.82) is 0 Å². The van der Waals surface area contributed by atoms with Crippen molar-refractivity contribution in [2.24, 2.45) is 0 Å². The summed E-state index contributed by atoms with van der Waals surface area (Å²) in [4.78, 5) is 0. The fraction of sp³-hybridized carbons (Fsp3) is 0.500. The first kappa shape index (κ1) is 14.3. The predicted octanol–water partition coefficient (Wildman–Crippen LogP) is -0.411. The molecule has 1 aromatic rings. The SMILES string of the molecule is CCCNCc1cccc(OCC)c1.[Cl-]. The lowest BCUT2D eigenvalue weighted by Gasteiger charge is -2.06. The van der Waals surface area contributed by atoms with E-state index in [1.54, 1.807) is 0 Å². The molecule has 0 aliphatic heterocycles. The van der Waals surface area contributed by atoms with Gasteiger partial charge in [0.25, 0.3) is 0 Å². The van der Waals surface area contributed by atoms with Crippen LogP contribution in [0.3, 0.4) is 0 Å². The molecule has 0 saturated heterocycles. The Balaban J connectivity index is 0.00000196. The lowest BCUT2D eigenvalue weighted by atomic mass is 10.2. The molecule has 86 valence electrons. The van der Waals surface area contributed by atoms with Crippen LogP contribution in [-0.4, -0.2) is 13.2 Å². The van der Waals surface area contributed by atoms with Gasteiger partial charge in [-0.3, -0.25) is 0 Å². The van der Waals surface area contributed by atoms with E-state index in [1.165, 1.54) is 12.0 Å². The minimum atomic E-state index is 0. The molecule has 0 aliphatic rings. The van der Waals surface area contributed by atoms with Gasteiger partial charge in [-0.1, -0.05) is 19.1 Å². The molecule has 0 amide bonds. The number of rotatable bonds is 6. The van der Waals surface area contributed by atoms with Crippen LogP contribution in [-0.2, 0) is 6.54 Å². The van der Waals surface area contributed by atoms with Crippen molar-refractivity contribution in [3.8, 4) is 5.75 Å². The monoisotopic (exact) mass is 228 g/mol. The molecule has 2 nitrogen and oxygen atoms in total. The largest absolute Gasteiger partial charge is 1.00 e. The molecule has 0 fully saturated rings. The van der Waals surface area contributed by atoms with Crippen molar-refractivity contribution in [2.45, 2.75) is 26.8 Å². The van der Waals surface area contributed by atoms with Gasteiger partial charge >= 0.3 is 0 Å². The smallest absolute Gasteiger partial charge is 0.119 e. The molecule has 0 spiro atoms. The van der Waals surface area contributed by atoms with Crippen molar-refractivity contribution < 1.29 is 17.1 Å². The van der Waals surface area contributed by atoms with E-state index in [2.05, 4.69) is 24.4 Å². The highest BCUT2D eigenvalue weighted by atomic mass is 35.5. The Hall–Kier alpha value is -0.730. The predicted molar refractivity (Wildman–Crippen MR) is 59.6 cm³/mol. The second-order valence-corrected chi connectivity index (χ2v) is 3.26. The van der Waals surface area contributed by atoms with E-state index in [4.69, 9.17) is 4.74 Å². The van der Waals surface area contributed by atoms with E-state index in [0.717, 1.165) is 25.4 Å². The lowest BCUT2D eigenvalue weighted by Crippen LogP contribution is -3.00. The average molecular weight is 229 g/mol. The van der Waals surface area contributed by atoms with Crippen molar-refractivity contribution in [3.05, 3.63) is 29.8 Å². The van der Waals surface area contributed by atoms with Crippen LogP contribution >= 0.6 is 0 Å². The zero-order valence-electron chi connectivity index (χ0n) is 9.42. The van der Waals surface area contributed by atoms with Crippen molar-refractivity contribution >= 4 is 0 Å². The minimum absolute atomic E-state index is 0. The van der Waals surface area contributed by atoms with Gasteiger partial charge in [0, 0.05) is 6.54 Å². The number of hydrogen-bond donors (Lipinski definition) is 1. The molecule has 0 saturated carbocycles. The Bertz CT molecular complexity index is 266. The second kappa shape index (κ2) is 8.57. The maximum atomic E-state index is 5.43. The Morgan fingerprint density at radius 3 is 2.73 bits per heavy atom. The molecule has 0 heterocycles. The number of halogens is 1. The zero-order chi connectivity index (χ0) is 10.2. The lowest BCUT2D eigenvalue weighted by molar-refractivity contribution is -0.00000362. The summed E-state index contributed by atoms with van der Waals surface area (Å²) < 4.78 is 5.43. The molecule has 0 atom stereocenters. The van der Waals surface area contributed by atoms with E-state index in [-0.39, 0.29) is 12.4 Å². The van der Waals surface area contributed by atoms with Crippen LogP contribution in [0, 0.1) is 0 Å². The first-order chi connectivity index (χ1) is 6.86. The molecule has 1 N–H and O–H groups in total. The highest BCUT2D eigenvalue weighted by molar-refractivity contribution is 5.28. The molecule has 0 aliphatic carbocycles. The van der Waals surface area contributed by atoms with Gasteiger partial charge in [0.15, 0.2) is 0 Å². The molecule has 15 heavy (non-hydrogen) atoms. The summed E-state index contributed by atoms with van der Waals surface area (Å²) in [5.74, 6) is 0.961. The van der Waals surface area contributed by atoms with Crippen LogP contribution in [0.25, 0.3) is 0 Å². The molecule has 1 rings (SSSR count). The molecular weight excluding hydrogens is 210 g/mol. The molecule has 3 heteroatoms. The van der Waals surface area contributed by atoms with Crippen LogP contribution < -0.4 is 22.5 Å². The van der Waals surface area contributed by atoms with Crippen LogP contribution in [0.1, 0.15) is 25.8 Å². The third-order valence-electron chi connectivity index (χ3n) is 1.97. The third-order valence-corrected chi connectivity index (χ3v) is 1.97. The summed E-state index contributed by atoms with van der Waals surface area (Å²) in [6.45, 7) is 6.89. The van der Waals surface area contributed by atoms with Gasteiger partial charge in [-0.2, -0.15) is 0 Å². The number of hydrogen-bond acceptors (Lipinski definition) is 2. The summed E-state index contributed by atoms with van der Waals surface area (Å²) in [6, 6.07) is 8.23. The first-order valence-corrected chi connectivity index (χ1v) is 5.29. The van der Waals surface area contributed by atoms with Gasteiger partial charge in [-0.05, 0) is 37.6 Å². The fourth-order valence-corrected chi connectivity index (χ4v) is 1.32. The quantitative estimate of drug-likeness (QED) is 0.669. The van der Waals surface area contributed by atoms with Gasteiger partial charge in [0.2, 0.25) is 0 Å². The minimum Gasteiger partial charge on any atom is -1.00 e. The van der Waals surface area contributed by atoms with Gasteiger partial charge in [-0.15, -0.1) is 0 Å². The third kappa shape index (κ3) is 5.65. The molecule has 0 radical (unpaired) electrons. The summed E-state index contributed by atoms with van der Waals surface area (Å²) in [6.07, 6.45) is 1.17. The standard InChI is InChI=1S/C12H19NO.ClH/c1-3-8-13-10-11-6-5-7-12(9-11)14-4-2;/h5-7,9,13H,3-4,8,10H2,1-2H3;1H/p-1. The van der Waals surface area contributed by atoms with Gasteiger partial charge in [-0.25, -0.2) is 0 Å². The summed E-state index contributed by atoms with van der Waals surface area (Å²) in [7, 11) is 0. The summed E-state index contributed by atoms with van der Waals surface area (Å²) >= 11 is 0. The highest BCUT2D eigenvalue weighted by Crippen LogP contribution is 2.12. The van der Waals surface area contributed by atoms with E-state index in [9.17, 15) is 0 Å². The van der Waals surface area contributed by atoms with Crippen LogP contribution in [0.2, 0.25) is 0 Å². The fourth-order valence-electron chi connectivity index (χ4n) is 1.32. The van der Waals surface area contributed by atoms with Crippen LogP contribution in [0.15, 0.2) is 24.3 Å². The number of nitrogens with one attached hydrogen (secondary N) is 1. The van der Waals surface area contributed by atoms with E-state index >= 15 is 0 Å². The van der Waals surface area contributed by atoms with Gasteiger partial charge in [0.1, 0.15) is 5.75 Å². The van der Waals surface area contributed by atoms with Crippen molar-refractivity contribution in [3.63, 3.8) is 0 Å². The molecule has 0 bridgehead atoms. The van der Waals surface area contributed by atoms with Crippen molar-refractivity contribution in [1.82, 2.24) is 5.32 Å². The summed E-state index contributed by atoms with van der Waals surface area (Å²) in [5.41, 5.74) is 1.28. The van der Waals surface area contributed by atoms with Crippen LogP contribution in [0.5, 0.6) is 5.75 Å². The zero-order valence-corrected chi connectivity index (χ0v) is 10.2. The molecule has 0 unspecified atom stereocenters. The second-order valence-electron chi connectivity index (χ2n) is 3.26. The first-order valence-electron chi connectivity index (χ1n) is 5.29. The Morgan fingerprint density at radius 1 is 1.27 bits per heavy atom. The topological polar surface area (TPSA) is 21.3 Å². The number of benzene rings is 1. The Morgan fingerprint density at radius 2 is 2.07 bits per heavy atom.